The van der Waals surface area contributed by atoms with Crippen LogP contribution in [0.5, 0.6) is 0 Å². The van der Waals surface area contributed by atoms with Gasteiger partial charge in [0.25, 0.3) is 5.91 Å². The Hall–Kier alpha value is -1.37. The fourth-order valence-electron chi connectivity index (χ4n) is 3.14. The summed E-state index contributed by atoms with van der Waals surface area (Å²) in [6.07, 6.45) is 1.80. The molecule has 3 rings (SSSR count). The van der Waals surface area contributed by atoms with Crippen LogP contribution in [-0.2, 0) is 4.74 Å². The molecule has 2 aliphatic rings. The van der Waals surface area contributed by atoms with Crippen molar-refractivity contribution in [1.82, 2.24) is 20.1 Å². The summed E-state index contributed by atoms with van der Waals surface area (Å²) in [6, 6.07) is 2.20. The summed E-state index contributed by atoms with van der Waals surface area (Å²) in [4.78, 5) is 20.2. The fourth-order valence-corrected chi connectivity index (χ4v) is 3.14. The zero-order chi connectivity index (χ0) is 14.8. The van der Waals surface area contributed by atoms with Crippen LogP contribution in [-0.4, -0.2) is 79.2 Å². The van der Waals surface area contributed by atoms with Crippen molar-refractivity contribution in [2.24, 2.45) is 0 Å². The van der Waals surface area contributed by atoms with Crippen LogP contribution in [0.2, 0.25) is 0 Å². The van der Waals surface area contributed by atoms with Gasteiger partial charge in [-0.1, -0.05) is 0 Å². The Labute approximate surface area is 125 Å². The predicted octanol–water partition coefficient (Wildman–Crippen LogP) is 0.0677. The highest BCUT2D eigenvalue weighted by molar-refractivity contribution is 5.95. The number of amides is 1. The van der Waals surface area contributed by atoms with E-state index in [2.05, 4.69) is 27.1 Å². The molecule has 3 heterocycles. The number of likely N-dealkylation sites (N-methyl/N-ethyl adjacent to an activating group) is 1. The number of hydrogen-bond donors (Lipinski definition) is 2. The van der Waals surface area contributed by atoms with Crippen molar-refractivity contribution in [3.05, 3.63) is 23.5 Å². The Morgan fingerprint density at radius 3 is 2.76 bits per heavy atom. The number of nitrogens with one attached hydrogen (secondary N) is 2. The van der Waals surface area contributed by atoms with E-state index in [1.54, 1.807) is 6.20 Å². The summed E-state index contributed by atoms with van der Waals surface area (Å²) < 4.78 is 5.62. The minimum atomic E-state index is -0.0108. The first-order valence-electron chi connectivity index (χ1n) is 7.60. The number of aryl methyl sites for hydroxylation is 1. The molecule has 2 atom stereocenters. The lowest BCUT2D eigenvalue weighted by atomic mass is 10.1. The van der Waals surface area contributed by atoms with E-state index in [0.29, 0.717) is 19.3 Å². The van der Waals surface area contributed by atoms with Gasteiger partial charge in [-0.05, 0) is 20.0 Å². The summed E-state index contributed by atoms with van der Waals surface area (Å²) in [5.74, 6) is -0.0108. The summed E-state index contributed by atoms with van der Waals surface area (Å²) in [6.45, 7) is 7.47. The number of aromatic amines is 1. The molecule has 0 bridgehead atoms. The smallest absolute Gasteiger partial charge is 0.253 e. The van der Waals surface area contributed by atoms with Crippen molar-refractivity contribution in [2.45, 2.75) is 19.0 Å². The van der Waals surface area contributed by atoms with Crippen LogP contribution in [0.4, 0.5) is 0 Å². The number of hydrogen-bond acceptors (Lipinski definition) is 4. The Kier molecular flexibility index (Phi) is 4.28. The van der Waals surface area contributed by atoms with Crippen molar-refractivity contribution in [2.75, 3.05) is 46.4 Å². The fraction of sp³-hybridized carbons (Fsp3) is 0.667. The zero-order valence-corrected chi connectivity index (χ0v) is 12.8. The number of nitrogens with zero attached hydrogens (tertiary/aromatic N) is 2. The summed E-state index contributed by atoms with van der Waals surface area (Å²) >= 11 is 0. The molecule has 0 radical (unpaired) electrons. The zero-order valence-electron chi connectivity index (χ0n) is 12.8. The van der Waals surface area contributed by atoms with Crippen molar-refractivity contribution in [3.8, 4) is 0 Å². The van der Waals surface area contributed by atoms with Crippen molar-refractivity contribution in [3.63, 3.8) is 0 Å². The maximum absolute atomic E-state index is 12.3. The molecule has 0 spiro atoms. The van der Waals surface area contributed by atoms with Crippen molar-refractivity contribution in [1.29, 1.82) is 0 Å². The molecular weight excluding hydrogens is 268 g/mol. The number of rotatable bonds is 3. The molecule has 1 amide bonds. The standard InChI is InChI=1S/C15H24N4O2/c1-11-12(3-4-16-11)15(20)17-13-9-21-10-14(13)19-7-5-18(2)6-8-19/h3-4,13-14,16H,5-10H2,1-2H3,(H,17,20)/t13-,14-/m0/s1. The Balaban J connectivity index is 1.62. The van der Waals surface area contributed by atoms with Crippen LogP contribution in [0, 0.1) is 6.92 Å². The molecule has 0 saturated carbocycles. The second-order valence-electron chi connectivity index (χ2n) is 6.04. The number of ether oxygens (including phenoxy) is 1. The minimum Gasteiger partial charge on any atom is -0.378 e. The number of carbonyl (C=O) groups excluding carboxylic acids is 1. The SMILES string of the molecule is Cc1[nH]ccc1C(=O)N[C@H]1COC[C@@H]1N1CCN(C)CC1. The number of H-pyrrole nitrogens is 1. The van der Waals surface area contributed by atoms with Gasteiger partial charge in [0.15, 0.2) is 0 Å². The average Bonchev–Trinajstić information content (AvgIpc) is 3.09. The molecule has 6 nitrogen and oxygen atoms in total. The van der Waals surface area contributed by atoms with E-state index >= 15 is 0 Å². The molecule has 1 aromatic rings. The average molecular weight is 292 g/mol. The molecule has 2 aliphatic heterocycles. The predicted molar refractivity (Wildman–Crippen MR) is 80.5 cm³/mol. The van der Waals surface area contributed by atoms with E-state index in [1.165, 1.54) is 0 Å². The Bertz CT molecular complexity index is 494. The normalized spacial score (nSPS) is 27.9. The quantitative estimate of drug-likeness (QED) is 0.827. The number of carbonyl (C=O) groups is 1. The molecule has 116 valence electrons. The number of aromatic nitrogens is 1. The minimum absolute atomic E-state index is 0.0108. The third-order valence-electron chi connectivity index (χ3n) is 4.57. The number of piperazine rings is 1. The monoisotopic (exact) mass is 292 g/mol. The van der Waals surface area contributed by atoms with E-state index < -0.39 is 0 Å². The lowest BCUT2D eigenvalue weighted by Gasteiger charge is -2.38. The molecule has 1 aromatic heterocycles. The molecule has 21 heavy (non-hydrogen) atoms. The van der Waals surface area contributed by atoms with Gasteiger partial charge in [-0.15, -0.1) is 0 Å². The van der Waals surface area contributed by atoms with Gasteiger partial charge in [0.05, 0.1) is 30.9 Å². The summed E-state index contributed by atoms with van der Waals surface area (Å²) in [5.41, 5.74) is 1.63. The van der Waals surface area contributed by atoms with Gasteiger partial charge in [0.2, 0.25) is 0 Å². The van der Waals surface area contributed by atoms with Gasteiger partial charge in [0.1, 0.15) is 0 Å². The first kappa shape index (κ1) is 14.6. The lowest BCUT2D eigenvalue weighted by Crippen LogP contribution is -2.56. The van der Waals surface area contributed by atoms with Gasteiger partial charge in [-0.3, -0.25) is 9.69 Å². The second-order valence-corrected chi connectivity index (χ2v) is 6.04. The van der Waals surface area contributed by atoms with Crippen molar-refractivity contribution >= 4 is 5.91 Å². The van der Waals surface area contributed by atoms with Gasteiger partial charge in [-0.25, -0.2) is 0 Å². The van der Waals surface area contributed by atoms with Crippen LogP contribution in [0.1, 0.15) is 16.1 Å². The van der Waals surface area contributed by atoms with Crippen molar-refractivity contribution < 1.29 is 9.53 Å². The topological polar surface area (TPSA) is 60.6 Å². The molecule has 6 heteroatoms. The highest BCUT2D eigenvalue weighted by atomic mass is 16.5. The molecule has 0 unspecified atom stereocenters. The first-order valence-corrected chi connectivity index (χ1v) is 7.60. The van der Waals surface area contributed by atoms with E-state index in [-0.39, 0.29) is 11.9 Å². The summed E-state index contributed by atoms with van der Waals surface area (Å²) in [7, 11) is 2.15. The van der Waals surface area contributed by atoms with Crippen LogP contribution in [0.15, 0.2) is 12.3 Å². The maximum atomic E-state index is 12.3. The largest absolute Gasteiger partial charge is 0.378 e. The van der Waals surface area contributed by atoms with Gasteiger partial charge < -0.3 is 19.9 Å². The molecule has 2 saturated heterocycles. The maximum Gasteiger partial charge on any atom is 0.253 e. The molecule has 2 fully saturated rings. The van der Waals surface area contributed by atoms with Crippen LogP contribution < -0.4 is 5.32 Å². The van der Waals surface area contributed by atoms with E-state index in [1.807, 2.05) is 13.0 Å². The lowest BCUT2D eigenvalue weighted by molar-refractivity contribution is 0.0829. The molecule has 0 aromatic carbocycles. The van der Waals surface area contributed by atoms with E-state index in [4.69, 9.17) is 4.74 Å². The van der Waals surface area contributed by atoms with Gasteiger partial charge in [0, 0.05) is 38.1 Å². The van der Waals surface area contributed by atoms with E-state index in [9.17, 15) is 4.79 Å². The van der Waals surface area contributed by atoms with Crippen LogP contribution in [0.25, 0.3) is 0 Å². The third-order valence-corrected chi connectivity index (χ3v) is 4.57. The molecule has 2 N–H and O–H groups in total. The third kappa shape index (κ3) is 3.12. The highest BCUT2D eigenvalue weighted by Crippen LogP contribution is 2.16. The van der Waals surface area contributed by atoms with Gasteiger partial charge in [-0.2, -0.15) is 0 Å². The molecule has 0 aliphatic carbocycles. The van der Waals surface area contributed by atoms with Crippen LogP contribution >= 0.6 is 0 Å². The summed E-state index contributed by atoms with van der Waals surface area (Å²) in [5, 5.41) is 3.14. The second kappa shape index (κ2) is 6.17. The van der Waals surface area contributed by atoms with Gasteiger partial charge >= 0.3 is 0 Å². The Morgan fingerprint density at radius 1 is 1.33 bits per heavy atom. The molecular formula is C15H24N4O2. The first-order chi connectivity index (χ1) is 10.1. The highest BCUT2D eigenvalue weighted by Gasteiger charge is 2.35. The van der Waals surface area contributed by atoms with Crippen LogP contribution in [0.3, 0.4) is 0 Å². The Morgan fingerprint density at radius 2 is 2.10 bits per heavy atom. The van der Waals surface area contributed by atoms with E-state index in [0.717, 1.165) is 37.4 Å².